The second kappa shape index (κ2) is 5.67. The summed E-state index contributed by atoms with van der Waals surface area (Å²) in [6.45, 7) is 4.35. The lowest BCUT2D eigenvalue weighted by Crippen LogP contribution is -2.04. The first-order chi connectivity index (χ1) is 9.19. The van der Waals surface area contributed by atoms with Crippen molar-refractivity contribution in [2.45, 2.75) is 13.8 Å². The van der Waals surface area contributed by atoms with Crippen LogP contribution in [0.4, 0.5) is 5.82 Å². The number of esters is 1. The second-order valence-electron chi connectivity index (χ2n) is 3.74. The fourth-order valence-corrected chi connectivity index (χ4v) is 2.77. The molecule has 0 fully saturated rings. The molecule has 0 bridgehead atoms. The predicted octanol–water partition coefficient (Wildman–Crippen LogP) is 2.22. The van der Waals surface area contributed by atoms with Gasteiger partial charge in [0.2, 0.25) is 0 Å². The lowest BCUT2D eigenvalue weighted by atomic mass is 10.2. The lowest BCUT2D eigenvalue weighted by Gasteiger charge is -2.03. The van der Waals surface area contributed by atoms with E-state index in [0.717, 1.165) is 15.8 Å². The number of ether oxygens (including phenoxy) is 1. The number of aryl methyl sites for hydroxylation is 1. The van der Waals surface area contributed by atoms with Gasteiger partial charge in [-0.15, -0.1) is 17.8 Å². The van der Waals surface area contributed by atoms with Gasteiger partial charge in [0.25, 0.3) is 0 Å². The maximum Gasteiger partial charge on any atom is 0.348 e. The lowest BCUT2D eigenvalue weighted by molar-refractivity contribution is 0.0531. The normalized spacial score (nSPS) is 10.2. The molecule has 0 aliphatic heterocycles. The van der Waals surface area contributed by atoms with E-state index in [1.54, 1.807) is 6.92 Å². The van der Waals surface area contributed by atoms with Crippen LogP contribution in [0.25, 0.3) is 10.2 Å². The Kier molecular flexibility index (Phi) is 3.97. The van der Waals surface area contributed by atoms with Gasteiger partial charge in [0, 0.05) is 0 Å². The van der Waals surface area contributed by atoms with E-state index in [-0.39, 0.29) is 5.97 Å². The molecule has 0 spiro atoms. The van der Waals surface area contributed by atoms with Crippen molar-refractivity contribution in [2.24, 2.45) is 0 Å². The number of fused-ring (bicyclic) bond motifs is 1. The van der Waals surface area contributed by atoms with E-state index in [1.807, 2.05) is 6.92 Å². The average Bonchev–Trinajstić information content (AvgIpc) is 2.75. The highest BCUT2D eigenvalue weighted by Gasteiger charge is 2.19. The van der Waals surface area contributed by atoms with Crippen LogP contribution in [-0.2, 0) is 4.74 Å². The van der Waals surface area contributed by atoms with Gasteiger partial charge in [0.1, 0.15) is 21.9 Å². The van der Waals surface area contributed by atoms with Gasteiger partial charge in [0.05, 0.1) is 18.5 Å². The highest BCUT2D eigenvalue weighted by atomic mass is 32.1. The summed E-state index contributed by atoms with van der Waals surface area (Å²) in [5, 5.41) is 3.85. The Morgan fingerprint density at radius 2 is 2.37 bits per heavy atom. The van der Waals surface area contributed by atoms with E-state index in [1.165, 1.54) is 17.7 Å². The highest BCUT2D eigenvalue weighted by Crippen LogP contribution is 2.33. The minimum Gasteiger partial charge on any atom is -0.462 e. The number of terminal acetylenes is 1. The van der Waals surface area contributed by atoms with Gasteiger partial charge in [-0.05, 0) is 19.4 Å². The number of thiophene rings is 1. The number of carbonyl (C=O) groups excluding carboxylic acids is 1. The Morgan fingerprint density at radius 1 is 1.58 bits per heavy atom. The zero-order valence-corrected chi connectivity index (χ0v) is 11.5. The molecule has 0 aliphatic carbocycles. The number of anilines is 1. The van der Waals surface area contributed by atoms with Crippen LogP contribution >= 0.6 is 11.3 Å². The van der Waals surface area contributed by atoms with Crippen molar-refractivity contribution in [3.05, 3.63) is 16.8 Å². The summed E-state index contributed by atoms with van der Waals surface area (Å²) in [7, 11) is 0. The summed E-state index contributed by atoms with van der Waals surface area (Å²) >= 11 is 1.30. The largest absolute Gasteiger partial charge is 0.462 e. The first-order valence-electron chi connectivity index (χ1n) is 5.77. The van der Waals surface area contributed by atoms with Crippen LogP contribution in [-0.4, -0.2) is 29.1 Å². The highest BCUT2D eigenvalue weighted by molar-refractivity contribution is 7.20. The molecule has 0 aliphatic rings. The molecule has 0 saturated heterocycles. The smallest absolute Gasteiger partial charge is 0.348 e. The van der Waals surface area contributed by atoms with Crippen LogP contribution in [0.5, 0.6) is 0 Å². The number of nitrogens with zero attached hydrogens (tertiary/aromatic N) is 2. The van der Waals surface area contributed by atoms with Crippen molar-refractivity contribution in [2.75, 3.05) is 18.5 Å². The predicted molar refractivity (Wildman–Crippen MR) is 75.4 cm³/mol. The number of nitrogens with one attached hydrogen (secondary N) is 1. The summed E-state index contributed by atoms with van der Waals surface area (Å²) in [5.41, 5.74) is 0.818. The molecule has 5 nitrogen and oxygen atoms in total. The van der Waals surface area contributed by atoms with Crippen molar-refractivity contribution in [1.29, 1.82) is 0 Å². The van der Waals surface area contributed by atoms with Crippen molar-refractivity contribution in [3.8, 4) is 12.3 Å². The average molecular weight is 275 g/mol. The van der Waals surface area contributed by atoms with Gasteiger partial charge < -0.3 is 10.1 Å². The molecule has 98 valence electrons. The zero-order chi connectivity index (χ0) is 13.8. The van der Waals surface area contributed by atoms with E-state index in [0.29, 0.717) is 23.8 Å². The summed E-state index contributed by atoms with van der Waals surface area (Å²) in [5.74, 6) is 2.81. The third-order valence-electron chi connectivity index (χ3n) is 2.55. The van der Waals surface area contributed by atoms with Crippen molar-refractivity contribution in [3.63, 3.8) is 0 Å². The summed E-state index contributed by atoms with van der Waals surface area (Å²) in [6, 6.07) is 0. The number of hydrogen-bond donors (Lipinski definition) is 1. The van der Waals surface area contributed by atoms with Crippen LogP contribution in [0, 0.1) is 19.3 Å². The SMILES string of the molecule is C#CCNc1ncnc2sc(C(=O)OCC)c(C)c12. The summed E-state index contributed by atoms with van der Waals surface area (Å²) in [6.07, 6.45) is 6.67. The molecule has 0 aromatic carbocycles. The molecule has 0 amide bonds. The topological polar surface area (TPSA) is 64.1 Å². The van der Waals surface area contributed by atoms with E-state index < -0.39 is 0 Å². The molecule has 0 saturated carbocycles. The Labute approximate surface area is 115 Å². The third kappa shape index (κ3) is 2.51. The number of rotatable bonds is 4. The fraction of sp³-hybridized carbons (Fsp3) is 0.308. The van der Waals surface area contributed by atoms with Gasteiger partial charge in [-0.3, -0.25) is 0 Å². The van der Waals surface area contributed by atoms with Gasteiger partial charge in [-0.1, -0.05) is 5.92 Å². The Morgan fingerprint density at radius 3 is 3.05 bits per heavy atom. The molecule has 0 unspecified atom stereocenters. The first kappa shape index (κ1) is 13.3. The first-order valence-corrected chi connectivity index (χ1v) is 6.59. The molecule has 2 aromatic rings. The molecule has 2 heterocycles. The van der Waals surface area contributed by atoms with Crippen LogP contribution in [0.1, 0.15) is 22.2 Å². The van der Waals surface area contributed by atoms with E-state index in [2.05, 4.69) is 21.2 Å². The Balaban J connectivity index is 2.51. The van der Waals surface area contributed by atoms with E-state index in [4.69, 9.17) is 11.2 Å². The maximum atomic E-state index is 11.8. The third-order valence-corrected chi connectivity index (χ3v) is 3.73. The Bertz CT molecular complexity index is 658. The second-order valence-corrected chi connectivity index (χ2v) is 4.74. The van der Waals surface area contributed by atoms with Gasteiger partial charge in [0.15, 0.2) is 0 Å². The standard InChI is InChI=1S/C13H13N3O2S/c1-4-6-14-11-9-8(3)10(13(17)18-5-2)19-12(9)16-7-15-11/h1,7H,5-6H2,2-3H3,(H,14,15,16). The molecular formula is C13H13N3O2S. The number of carbonyl (C=O) groups is 1. The maximum absolute atomic E-state index is 11.8. The van der Waals surface area contributed by atoms with Crippen LogP contribution in [0.3, 0.4) is 0 Å². The molecular weight excluding hydrogens is 262 g/mol. The van der Waals surface area contributed by atoms with Crippen LogP contribution in [0.15, 0.2) is 6.33 Å². The molecule has 2 rings (SSSR count). The number of hydrogen-bond acceptors (Lipinski definition) is 6. The molecule has 1 N–H and O–H groups in total. The molecule has 6 heteroatoms. The van der Waals surface area contributed by atoms with Gasteiger partial charge in [-0.2, -0.15) is 0 Å². The van der Waals surface area contributed by atoms with E-state index >= 15 is 0 Å². The van der Waals surface area contributed by atoms with Crippen molar-refractivity contribution < 1.29 is 9.53 Å². The molecule has 0 atom stereocenters. The summed E-state index contributed by atoms with van der Waals surface area (Å²) < 4.78 is 5.03. The molecule has 2 aromatic heterocycles. The monoisotopic (exact) mass is 275 g/mol. The molecule has 19 heavy (non-hydrogen) atoms. The van der Waals surface area contributed by atoms with Crippen molar-refractivity contribution in [1.82, 2.24) is 9.97 Å². The summed E-state index contributed by atoms with van der Waals surface area (Å²) in [4.78, 5) is 21.5. The van der Waals surface area contributed by atoms with Gasteiger partial charge in [-0.25, -0.2) is 14.8 Å². The van der Waals surface area contributed by atoms with Gasteiger partial charge >= 0.3 is 5.97 Å². The zero-order valence-electron chi connectivity index (χ0n) is 10.7. The minimum atomic E-state index is -0.328. The number of aromatic nitrogens is 2. The minimum absolute atomic E-state index is 0.328. The van der Waals surface area contributed by atoms with E-state index in [9.17, 15) is 4.79 Å². The van der Waals surface area contributed by atoms with Crippen LogP contribution < -0.4 is 5.32 Å². The quantitative estimate of drug-likeness (QED) is 0.684. The van der Waals surface area contributed by atoms with Crippen LogP contribution in [0.2, 0.25) is 0 Å². The van der Waals surface area contributed by atoms with Crippen molar-refractivity contribution >= 4 is 33.3 Å². The Hall–Kier alpha value is -2.13. The fourth-order valence-electron chi connectivity index (χ4n) is 1.73. The molecule has 0 radical (unpaired) electrons.